The first-order chi connectivity index (χ1) is 13.0. The fourth-order valence-electron chi connectivity index (χ4n) is 4.53. The maximum Gasteiger partial charge on any atom is 0.317 e. The molecule has 3 heterocycles. The number of piperidine rings is 1. The van der Waals surface area contributed by atoms with E-state index in [0.717, 1.165) is 51.9 Å². The smallest absolute Gasteiger partial charge is 0.317 e. The minimum Gasteiger partial charge on any atom is -0.480 e. The average molecular weight is 394 g/mol. The highest BCUT2D eigenvalue weighted by atomic mass is 32.1. The molecule has 1 atom stereocenters. The number of fused-ring (bicyclic) bond motifs is 1. The van der Waals surface area contributed by atoms with E-state index in [2.05, 4.69) is 28.2 Å². The maximum atomic E-state index is 13.0. The van der Waals surface area contributed by atoms with Gasteiger partial charge in [-0.05, 0) is 49.2 Å². The molecule has 3 rings (SSSR count). The lowest BCUT2D eigenvalue weighted by Crippen LogP contribution is -2.50. The number of carboxylic acids is 1. The first-order valence-electron chi connectivity index (χ1n) is 10.1. The lowest BCUT2D eigenvalue weighted by Gasteiger charge is -2.40. The molecule has 0 spiro atoms. The predicted octanol–water partition coefficient (Wildman–Crippen LogP) is 2.45. The van der Waals surface area contributed by atoms with Gasteiger partial charge in [0.15, 0.2) is 0 Å². The number of nitrogens with zero attached hydrogens (tertiary/aromatic N) is 3. The van der Waals surface area contributed by atoms with Crippen LogP contribution in [0.25, 0.3) is 0 Å². The molecule has 0 radical (unpaired) electrons. The van der Waals surface area contributed by atoms with Crippen molar-refractivity contribution in [2.24, 2.45) is 0 Å². The first-order valence-corrected chi connectivity index (χ1v) is 10.9. The van der Waals surface area contributed by atoms with E-state index in [9.17, 15) is 9.59 Å². The lowest BCUT2D eigenvalue weighted by molar-refractivity contribution is -0.139. The zero-order chi connectivity index (χ0) is 19.4. The summed E-state index contributed by atoms with van der Waals surface area (Å²) in [5, 5.41) is 11.2. The Labute approximate surface area is 165 Å². The zero-order valence-electron chi connectivity index (χ0n) is 16.4. The second-order valence-electron chi connectivity index (χ2n) is 7.52. The van der Waals surface area contributed by atoms with Gasteiger partial charge in [0.05, 0.1) is 19.1 Å². The summed E-state index contributed by atoms with van der Waals surface area (Å²) in [7, 11) is 0. The van der Waals surface area contributed by atoms with Gasteiger partial charge in [0.2, 0.25) is 5.91 Å². The summed E-state index contributed by atoms with van der Waals surface area (Å²) >= 11 is 1.81. The molecule has 1 N–H and O–H groups in total. The highest BCUT2D eigenvalue weighted by molar-refractivity contribution is 7.10. The molecule has 0 aliphatic carbocycles. The number of carbonyl (C=O) groups excluding carboxylic acids is 1. The molecule has 1 amide bonds. The van der Waals surface area contributed by atoms with E-state index in [1.165, 1.54) is 10.4 Å². The summed E-state index contributed by atoms with van der Waals surface area (Å²) in [6.07, 6.45) is 3.79. The molecule has 7 heteroatoms. The van der Waals surface area contributed by atoms with E-state index in [1.54, 1.807) is 0 Å². The van der Waals surface area contributed by atoms with Crippen LogP contribution in [-0.4, -0.2) is 77.0 Å². The molecular formula is C20H31N3O3S. The van der Waals surface area contributed by atoms with Gasteiger partial charge in [-0.2, -0.15) is 0 Å². The van der Waals surface area contributed by atoms with Crippen LogP contribution in [0.5, 0.6) is 0 Å². The monoisotopic (exact) mass is 393 g/mol. The molecule has 150 valence electrons. The number of hydrogen-bond acceptors (Lipinski definition) is 5. The van der Waals surface area contributed by atoms with Crippen LogP contribution in [-0.2, 0) is 16.0 Å². The number of rotatable bonds is 7. The van der Waals surface area contributed by atoms with Crippen LogP contribution in [0.4, 0.5) is 0 Å². The number of likely N-dealkylation sites (N-methyl/N-ethyl adjacent to an activating group) is 1. The van der Waals surface area contributed by atoms with Crippen molar-refractivity contribution >= 4 is 23.2 Å². The van der Waals surface area contributed by atoms with Crippen molar-refractivity contribution in [3.8, 4) is 0 Å². The molecule has 0 saturated carbocycles. The van der Waals surface area contributed by atoms with E-state index < -0.39 is 5.97 Å². The second kappa shape index (κ2) is 9.17. The number of likely N-dealkylation sites (tertiary alicyclic amines) is 1. The van der Waals surface area contributed by atoms with Crippen LogP contribution in [0, 0.1) is 0 Å². The summed E-state index contributed by atoms with van der Waals surface area (Å²) in [5.41, 5.74) is 1.34. The standard InChI is InChI=1S/C20H31N3O3S/c1-3-17-16-8-12-27-18(16)7-11-23(17)19(24)13-21-9-5-15(6-10-21)22(4-2)14-20(25)26/h8,12,15,17H,3-7,9-11,13-14H2,1-2H3,(H,25,26). The van der Waals surface area contributed by atoms with E-state index in [1.807, 2.05) is 23.2 Å². The minimum absolute atomic E-state index is 0.106. The Kier molecular flexibility index (Phi) is 6.89. The molecule has 1 fully saturated rings. The SMILES string of the molecule is CCC1c2ccsc2CCN1C(=O)CN1CCC(N(CC)CC(=O)O)CC1. The molecule has 1 aromatic rings. The van der Waals surface area contributed by atoms with Crippen LogP contribution in [0.15, 0.2) is 11.4 Å². The zero-order valence-corrected chi connectivity index (χ0v) is 17.2. The van der Waals surface area contributed by atoms with Crippen LogP contribution >= 0.6 is 11.3 Å². The fourth-order valence-corrected chi connectivity index (χ4v) is 5.46. The third-order valence-electron chi connectivity index (χ3n) is 5.98. The van der Waals surface area contributed by atoms with Gasteiger partial charge >= 0.3 is 5.97 Å². The Hall–Kier alpha value is -1.44. The van der Waals surface area contributed by atoms with Crippen LogP contribution in [0.1, 0.15) is 49.6 Å². The van der Waals surface area contributed by atoms with Gasteiger partial charge in [-0.3, -0.25) is 19.4 Å². The van der Waals surface area contributed by atoms with E-state index >= 15 is 0 Å². The Bertz CT molecular complexity index is 655. The molecule has 6 nitrogen and oxygen atoms in total. The van der Waals surface area contributed by atoms with Crippen LogP contribution in [0.3, 0.4) is 0 Å². The maximum absolute atomic E-state index is 13.0. The highest BCUT2D eigenvalue weighted by Crippen LogP contribution is 2.35. The van der Waals surface area contributed by atoms with Gasteiger partial charge in [-0.25, -0.2) is 0 Å². The lowest BCUT2D eigenvalue weighted by atomic mass is 9.97. The number of hydrogen-bond donors (Lipinski definition) is 1. The van der Waals surface area contributed by atoms with Crippen LogP contribution in [0.2, 0.25) is 0 Å². The van der Waals surface area contributed by atoms with Crippen LogP contribution < -0.4 is 0 Å². The molecule has 1 unspecified atom stereocenters. The summed E-state index contributed by atoms with van der Waals surface area (Å²) in [4.78, 5) is 31.8. The van der Waals surface area contributed by atoms with Gasteiger partial charge in [-0.15, -0.1) is 11.3 Å². The minimum atomic E-state index is -0.766. The number of thiophene rings is 1. The highest BCUT2D eigenvalue weighted by Gasteiger charge is 2.32. The van der Waals surface area contributed by atoms with Crippen molar-refractivity contribution < 1.29 is 14.7 Å². The van der Waals surface area contributed by atoms with Gasteiger partial charge < -0.3 is 10.0 Å². The first kappa shape index (κ1) is 20.3. The van der Waals surface area contributed by atoms with Crippen molar-refractivity contribution in [1.82, 2.24) is 14.7 Å². The van der Waals surface area contributed by atoms with E-state index in [-0.39, 0.29) is 18.5 Å². The molecule has 27 heavy (non-hydrogen) atoms. The Morgan fingerprint density at radius 1 is 1.26 bits per heavy atom. The number of amides is 1. The topological polar surface area (TPSA) is 64.1 Å². The summed E-state index contributed by atoms with van der Waals surface area (Å²) in [6, 6.07) is 2.71. The third-order valence-corrected chi connectivity index (χ3v) is 6.98. The average Bonchev–Trinajstić information content (AvgIpc) is 3.14. The van der Waals surface area contributed by atoms with Gasteiger partial charge in [0, 0.05) is 30.6 Å². The van der Waals surface area contributed by atoms with Gasteiger partial charge in [-0.1, -0.05) is 13.8 Å². The number of aliphatic carboxylic acids is 1. The van der Waals surface area contributed by atoms with Crippen molar-refractivity contribution in [3.05, 3.63) is 21.9 Å². The predicted molar refractivity (Wildman–Crippen MR) is 107 cm³/mol. The molecule has 2 aliphatic heterocycles. The van der Waals surface area contributed by atoms with Crippen molar-refractivity contribution in [2.75, 3.05) is 39.3 Å². The van der Waals surface area contributed by atoms with Crippen molar-refractivity contribution in [3.63, 3.8) is 0 Å². The summed E-state index contributed by atoms with van der Waals surface area (Å²) < 4.78 is 0. The van der Waals surface area contributed by atoms with E-state index in [4.69, 9.17) is 5.11 Å². The van der Waals surface area contributed by atoms with Crippen molar-refractivity contribution in [2.45, 2.75) is 51.6 Å². The normalized spacial score (nSPS) is 21.4. The van der Waals surface area contributed by atoms with E-state index in [0.29, 0.717) is 12.6 Å². The summed E-state index contributed by atoms with van der Waals surface area (Å²) in [5.74, 6) is -0.534. The Morgan fingerprint density at radius 3 is 2.63 bits per heavy atom. The Balaban J connectivity index is 1.53. The molecule has 1 saturated heterocycles. The molecule has 0 bridgehead atoms. The van der Waals surface area contributed by atoms with Crippen molar-refractivity contribution in [1.29, 1.82) is 0 Å². The molecule has 1 aromatic heterocycles. The van der Waals surface area contributed by atoms with Gasteiger partial charge in [0.1, 0.15) is 0 Å². The summed E-state index contributed by atoms with van der Waals surface area (Å²) in [6.45, 7) is 8.06. The molecule has 2 aliphatic rings. The molecule has 0 aromatic carbocycles. The second-order valence-corrected chi connectivity index (χ2v) is 8.53. The number of carbonyl (C=O) groups is 2. The largest absolute Gasteiger partial charge is 0.480 e. The fraction of sp³-hybridized carbons (Fsp3) is 0.700. The number of carboxylic acid groups (broad SMARTS) is 1. The quantitative estimate of drug-likeness (QED) is 0.771. The third kappa shape index (κ3) is 4.70. The molecular weight excluding hydrogens is 362 g/mol. The van der Waals surface area contributed by atoms with Gasteiger partial charge in [0.25, 0.3) is 0 Å². The Morgan fingerprint density at radius 2 is 2.00 bits per heavy atom.